The summed E-state index contributed by atoms with van der Waals surface area (Å²) in [6.07, 6.45) is 7.62. The van der Waals surface area contributed by atoms with Crippen molar-refractivity contribution in [2.24, 2.45) is 5.92 Å². The van der Waals surface area contributed by atoms with E-state index in [9.17, 15) is 9.90 Å². The first kappa shape index (κ1) is 17.0. The number of benzene rings is 1. The third kappa shape index (κ3) is 5.13. The summed E-state index contributed by atoms with van der Waals surface area (Å²) in [5, 5.41) is 12.5. The number of hydrogen-bond acceptors (Lipinski definition) is 2. The lowest BCUT2D eigenvalue weighted by molar-refractivity contribution is -0.139. The van der Waals surface area contributed by atoms with Crippen LogP contribution in [0.2, 0.25) is 0 Å². The third-order valence-electron chi connectivity index (χ3n) is 4.92. The number of rotatable bonds is 8. The van der Waals surface area contributed by atoms with Crippen LogP contribution in [0.1, 0.15) is 63.4 Å². The highest BCUT2D eigenvalue weighted by Gasteiger charge is 2.24. The van der Waals surface area contributed by atoms with Gasteiger partial charge in [-0.15, -0.1) is 0 Å². The van der Waals surface area contributed by atoms with Crippen molar-refractivity contribution in [3.8, 4) is 0 Å². The highest BCUT2D eigenvalue weighted by atomic mass is 16.4. The number of hydrogen-bond donors (Lipinski definition) is 2. The van der Waals surface area contributed by atoms with Crippen LogP contribution >= 0.6 is 0 Å². The largest absolute Gasteiger partial charge is 0.480 e. The van der Waals surface area contributed by atoms with Crippen molar-refractivity contribution in [2.75, 3.05) is 6.54 Å². The molecule has 0 spiro atoms. The van der Waals surface area contributed by atoms with E-state index in [2.05, 4.69) is 42.6 Å². The maximum atomic E-state index is 11.3. The number of carboxylic acids is 1. The van der Waals surface area contributed by atoms with E-state index in [4.69, 9.17) is 0 Å². The zero-order valence-electron chi connectivity index (χ0n) is 13.6. The Bertz CT molecular complexity index is 438. The minimum Gasteiger partial charge on any atom is -0.480 e. The van der Waals surface area contributed by atoms with Crippen molar-refractivity contribution < 1.29 is 9.90 Å². The van der Waals surface area contributed by atoms with Gasteiger partial charge in [0.15, 0.2) is 0 Å². The van der Waals surface area contributed by atoms with Crippen LogP contribution in [0.5, 0.6) is 0 Å². The highest BCUT2D eigenvalue weighted by Crippen LogP contribution is 2.35. The van der Waals surface area contributed by atoms with Gasteiger partial charge >= 0.3 is 5.97 Å². The summed E-state index contributed by atoms with van der Waals surface area (Å²) >= 11 is 0. The molecule has 1 fully saturated rings. The lowest BCUT2D eigenvalue weighted by Crippen LogP contribution is -2.40. The second-order valence-electron chi connectivity index (χ2n) is 6.57. The molecule has 2 rings (SSSR count). The number of nitrogens with one attached hydrogen (secondary N) is 1. The third-order valence-corrected chi connectivity index (χ3v) is 4.92. The molecule has 1 aromatic carbocycles. The molecule has 1 atom stereocenters. The molecule has 0 aliphatic heterocycles. The van der Waals surface area contributed by atoms with E-state index >= 15 is 0 Å². The summed E-state index contributed by atoms with van der Waals surface area (Å²) in [5.41, 5.74) is 1.46. The van der Waals surface area contributed by atoms with Gasteiger partial charge in [-0.05, 0) is 56.0 Å². The van der Waals surface area contributed by atoms with Gasteiger partial charge in [0.1, 0.15) is 6.04 Å². The lowest BCUT2D eigenvalue weighted by Gasteiger charge is -2.29. The Morgan fingerprint density at radius 3 is 2.50 bits per heavy atom. The van der Waals surface area contributed by atoms with E-state index in [1.165, 1.54) is 31.2 Å². The smallest absolute Gasteiger partial charge is 0.320 e. The van der Waals surface area contributed by atoms with Gasteiger partial charge in [0.05, 0.1) is 0 Å². The first-order valence-electron chi connectivity index (χ1n) is 8.71. The molecule has 2 N–H and O–H groups in total. The Balaban J connectivity index is 1.74. The normalized spacial score (nSPS) is 23.1. The molecule has 1 aliphatic rings. The van der Waals surface area contributed by atoms with Crippen LogP contribution in [0.15, 0.2) is 30.3 Å². The number of carbonyl (C=O) groups is 1. The standard InChI is InChI=1S/C19H29NO2/c1-2-3-9-18(19(21)22)20-14-15-10-12-17(13-11-15)16-7-5-4-6-8-16/h4-8,15,17-18,20H,2-3,9-14H2,1H3,(H,21,22). The molecule has 122 valence electrons. The van der Waals surface area contributed by atoms with Crippen LogP contribution in [0.25, 0.3) is 0 Å². The molecule has 1 aliphatic carbocycles. The maximum Gasteiger partial charge on any atom is 0.320 e. The van der Waals surface area contributed by atoms with Crippen LogP contribution < -0.4 is 5.32 Å². The quantitative estimate of drug-likeness (QED) is 0.757. The van der Waals surface area contributed by atoms with E-state index in [1.807, 2.05) is 0 Å². The average Bonchev–Trinajstić information content (AvgIpc) is 2.56. The molecular formula is C19H29NO2. The zero-order chi connectivity index (χ0) is 15.8. The Kier molecular flexibility index (Phi) is 6.91. The van der Waals surface area contributed by atoms with Crippen molar-refractivity contribution in [3.63, 3.8) is 0 Å². The SMILES string of the molecule is CCCCC(NCC1CCC(c2ccccc2)CC1)C(=O)O. The first-order valence-corrected chi connectivity index (χ1v) is 8.71. The van der Waals surface area contributed by atoms with E-state index in [1.54, 1.807) is 0 Å². The molecular weight excluding hydrogens is 274 g/mol. The molecule has 1 saturated carbocycles. The van der Waals surface area contributed by atoms with Crippen molar-refractivity contribution in [2.45, 2.75) is 63.8 Å². The first-order chi connectivity index (χ1) is 10.7. The van der Waals surface area contributed by atoms with Crippen molar-refractivity contribution in [1.29, 1.82) is 0 Å². The molecule has 0 heterocycles. The molecule has 0 saturated heterocycles. The second-order valence-corrected chi connectivity index (χ2v) is 6.57. The van der Waals surface area contributed by atoms with Crippen molar-refractivity contribution in [3.05, 3.63) is 35.9 Å². The van der Waals surface area contributed by atoms with E-state index < -0.39 is 5.97 Å². The van der Waals surface area contributed by atoms with E-state index in [0.717, 1.165) is 25.8 Å². The fourth-order valence-corrected chi connectivity index (χ4v) is 3.46. The van der Waals surface area contributed by atoms with Gasteiger partial charge in [0.2, 0.25) is 0 Å². The van der Waals surface area contributed by atoms with Crippen LogP contribution in [0.4, 0.5) is 0 Å². The molecule has 0 bridgehead atoms. The van der Waals surface area contributed by atoms with E-state index in [-0.39, 0.29) is 6.04 Å². The predicted octanol–water partition coefficient (Wildman–Crippen LogP) is 4.19. The summed E-state index contributed by atoms with van der Waals surface area (Å²) in [5.74, 6) is 0.614. The predicted molar refractivity (Wildman–Crippen MR) is 90.1 cm³/mol. The topological polar surface area (TPSA) is 49.3 Å². The van der Waals surface area contributed by atoms with Gasteiger partial charge in [0, 0.05) is 0 Å². The van der Waals surface area contributed by atoms with Crippen molar-refractivity contribution in [1.82, 2.24) is 5.32 Å². The molecule has 0 amide bonds. The van der Waals surface area contributed by atoms with Gasteiger partial charge in [-0.25, -0.2) is 0 Å². The Hall–Kier alpha value is -1.35. The summed E-state index contributed by atoms with van der Waals surface area (Å²) in [7, 11) is 0. The number of unbranched alkanes of at least 4 members (excludes halogenated alkanes) is 1. The van der Waals surface area contributed by atoms with Crippen LogP contribution in [0.3, 0.4) is 0 Å². The Morgan fingerprint density at radius 2 is 1.91 bits per heavy atom. The summed E-state index contributed by atoms with van der Waals surface area (Å²) in [6.45, 7) is 2.95. The second kappa shape index (κ2) is 8.94. The van der Waals surface area contributed by atoms with E-state index in [0.29, 0.717) is 11.8 Å². The number of carboxylic acid groups (broad SMARTS) is 1. The molecule has 0 aromatic heterocycles. The highest BCUT2D eigenvalue weighted by molar-refractivity contribution is 5.73. The Labute approximate surface area is 134 Å². The minimum atomic E-state index is -0.702. The fourth-order valence-electron chi connectivity index (χ4n) is 3.46. The Morgan fingerprint density at radius 1 is 1.23 bits per heavy atom. The van der Waals surface area contributed by atoms with Crippen LogP contribution in [-0.4, -0.2) is 23.7 Å². The molecule has 22 heavy (non-hydrogen) atoms. The fraction of sp³-hybridized carbons (Fsp3) is 0.632. The molecule has 0 radical (unpaired) electrons. The molecule has 1 unspecified atom stereocenters. The zero-order valence-corrected chi connectivity index (χ0v) is 13.6. The number of aliphatic carboxylic acids is 1. The van der Waals surface area contributed by atoms with Crippen LogP contribution in [0, 0.1) is 5.92 Å². The van der Waals surface area contributed by atoms with Gasteiger partial charge < -0.3 is 10.4 Å². The van der Waals surface area contributed by atoms with Gasteiger partial charge in [-0.2, -0.15) is 0 Å². The van der Waals surface area contributed by atoms with Gasteiger partial charge in [0.25, 0.3) is 0 Å². The van der Waals surface area contributed by atoms with Crippen molar-refractivity contribution >= 4 is 5.97 Å². The molecule has 3 heteroatoms. The minimum absolute atomic E-state index is 0.369. The van der Waals surface area contributed by atoms with Crippen LogP contribution in [-0.2, 0) is 4.79 Å². The molecule has 3 nitrogen and oxygen atoms in total. The lowest BCUT2D eigenvalue weighted by atomic mass is 9.78. The average molecular weight is 303 g/mol. The summed E-state index contributed by atoms with van der Waals surface area (Å²) < 4.78 is 0. The van der Waals surface area contributed by atoms with Gasteiger partial charge in [-0.1, -0.05) is 50.1 Å². The summed E-state index contributed by atoms with van der Waals surface area (Å²) in [6, 6.07) is 10.4. The van der Waals surface area contributed by atoms with Gasteiger partial charge in [-0.3, -0.25) is 4.79 Å². The monoisotopic (exact) mass is 303 g/mol. The molecule has 1 aromatic rings. The maximum absolute atomic E-state index is 11.3. The summed E-state index contributed by atoms with van der Waals surface area (Å²) in [4.78, 5) is 11.3.